The number of carbonyl (C=O) groups excluding carboxylic acids is 1. The molecule has 0 fully saturated rings. The van der Waals surface area contributed by atoms with E-state index in [9.17, 15) is 4.79 Å². The highest BCUT2D eigenvalue weighted by Gasteiger charge is 2.26. The molecular weight excluding hydrogens is 400 g/mol. The molecule has 0 N–H and O–H groups in total. The lowest BCUT2D eigenvalue weighted by Crippen LogP contribution is -2.37. The van der Waals surface area contributed by atoms with Gasteiger partial charge in [0.15, 0.2) is 8.32 Å². The number of esters is 1. The minimum Gasteiger partial charge on any atom is -0.467 e. The Kier molecular flexibility index (Phi) is 21.2. The molecule has 0 aliphatic heterocycles. The molecule has 31 heavy (non-hydrogen) atoms. The third kappa shape index (κ3) is 22.6. The van der Waals surface area contributed by atoms with Gasteiger partial charge in [0.25, 0.3) is 0 Å². The van der Waals surface area contributed by atoms with Crippen molar-refractivity contribution in [3.8, 4) is 0 Å². The van der Waals surface area contributed by atoms with E-state index in [0.717, 1.165) is 12.8 Å². The summed E-state index contributed by atoms with van der Waals surface area (Å²) in [5.41, 5.74) is 0. The highest BCUT2D eigenvalue weighted by Crippen LogP contribution is 2.17. The zero-order valence-corrected chi connectivity index (χ0v) is 22.9. The quantitative estimate of drug-likeness (QED) is 0.0873. The van der Waals surface area contributed by atoms with E-state index in [1.165, 1.54) is 123 Å². The van der Waals surface area contributed by atoms with E-state index in [-0.39, 0.29) is 12.1 Å². The van der Waals surface area contributed by atoms with Crippen molar-refractivity contribution >= 4 is 14.3 Å². The summed E-state index contributed by atoms with van der Waals surface area (Å²) in [4.78, 5) is 11.9. The summed E-state index contributed by atoms with van der Waals surface area (Å²) < 4.78 is 10.9. The molecule has 0 aromatic rings. The highest BCUT2D eigenvalue weighted by molar-refractivity contribution is 6.69. The molecule has 0 spiro atoms. The number of rotatable bonds is 23. The molecule has 1 unspecified atom stereocenters. The van der Waals surface area contributed by atoms with Gasteiger partial charge in [-0.2, -0.15) is 0 Å². The number of methoxy groups -OCH3 is 1. The van der Waals surface area contributed by atoms with E-state index in [1.54, 1.807) is 0 Å². The average molecular weight is 457 g/mol. The van der Waals surface area contributed by atoms with E-state index in [2.05, 4.69) is 26.6 Å². The fourth-order valence-corrected chi connectivity index (χ4v) is 5.26. The molecule has 4 heteroatoms. The molecule has 0 bridgehead atoms. The SMILES string of the molecule is CCCCCCCCCCCCCCCCCCCCCC(O[Si](C)(C)C)C(=O)OC. The van der Waals surface area contributed by atoms with Gasteiger partial charge in [-0.15, -0.1) is 0 Å². The molecule has 186 valence electrons. The predicted octanol–water partition coefficient (Wildman–Crippen LogP) is 9.20. The highest BCUT2D eigenvalue weighted by atomic mass is 28.4. The van der Waals surface area contributed by atoms with Crippen LogP contribution in [0.2, 0.25) is 19.6 Å². The molecule has 1 atom stereocenters. The van der Waals surface area contributed by atoms with Crippen LogP contribution in [0.1, 0.15) is 135 Å². The minimum absolute atomic E-state index is 0.204. The van der Waals surface area contributed by atoms with Crippen LogP contribution in [0, 0.1) is 0 Å². The van der Waals surface area contributed by atoms with Crippen molar-refractivity contribution in [1.82, 2.24) is 0 Å². The van der Waals surface area contributed by atoms with Gasteiger partial charge in [0.2, 0.25) is 0 Å². The lowest BCUT2D eigenvalue weighted by Gasteiger charge is -2.24. The Labute approximate surface area is 196 Å². The summed E-state index contributed by atoms with van der Waals surface area (Å²) >= 11 is 0. The van der Waals surface area contributed by atoms with Crippen LogP contribution in [0.15, 0.2) is 0 Å². The molecular formula is C27H56O3Si. The van der Waals surface area contributed by atoms with Gasteiger partial charge in [0.05, 0.1) is 7.11 Å². The minimum atomic E-state index is -1.72. The van der Waals surface area contributed by atoms with E-state index in [0.29, 0.717) is 0 Å². The molecule has 0 heterocycles. The number of hydrogen-bond donors (Lipinski definition) is 0. The maximum Gasteiger partial charge on any atom is 0.333 e. The van der Waals surface area contributed by atoms with Crippen LogP contribution >= 0.6 is 0 Å². The molecule has 3 nitrogen and oxygen atoms in total. The van der Waals surface area contributed by atoms with Crippen molar-refractivity contribution in [2.45, 2.75) is 161 Å². The number of ether oxygens (including phenoxy) is 1. The first kappa shape index (κ1) is 30.6. The Morgan fingerprint density at radius 3 is 1.23 bits per heavy atom. The third-order valence-electron chi connectivity index (χ3n) is 6.03. The van der Waals surface area contributed by atoms with E-state index in [1.807, 2.05) is 0 Å². The molecule has 0 saturated heterocycles. The second-order valence-corrected chi connectivity index (χ2v) is 14.9. The van der Waals surface area contributed by atoms with Gasteiger partial charge in [-0.1, -0.05) is 129 Å². The number of unbranched alkanes of at least 4 members (excludes halogenated alkanes) is 18. The van der Waals surface area contributed by atoms with Crippen molar-refractivity contribution in [3.63, 3.8) is 0 Å². The predicted molar refractivity (Wildman–Crippen MR) is 138 cm³/mol. The van der Waals surface area contributed by atoms with Gasteiger partial charge < -0.3 is 9.16 Å². The molecule has 0 rings (SSSR count). The number of hydrogen-bond acceptors (Lipinski definition) is 3. The second kappa shape index (κ2) is 21.5. The maximum absolute atomic E-state index is 11.9. The summed E-state index contributed by atoms with van der Waals surface area (Å²) in [6.45, 7) is 8.66. The van der Waals surface area contributed by atoms with Crippen molar-refractivity contribution in [2.75, 3.05) is 7.11 Å². The lowest BCUT2D eigenvalue weighted by atomic mass is 10.0. The van der Waals surface area contributed by atoms with Gasteiger partial charge in [-0.25, -0.2) is 4.79 Å². The second-order valence-electron chi connectivity index (χ2n) is 10.4. The Morgan fingerprint density at radius 1 is 0.613 bits per heavy atom. The summed E-state index contributed by atoms with van der Waals surface area (Å²) in [6.07, 6.45) is 26.7. The van der Waals surface area contributed by atoms with Crippen LogP contribution in [0.3, 0.4) is 0 Å². The lowest BCUT2D eigenvalue weighted by molar-refractivity contribution is -0.149. The first-order valence-electron chi connectivity index (χ1n) is 13.7. The fourth-order valence-electron chi connectivity index (χ4n) is 4.19. The summed E-state index contributed by atoms with van der Waals surface area (Å²) in [5, 5.41) is 0. The van der Waals surface area contributed by atoms with Crippen LogP contribution in [0.5, 0.6) is 0 Å². The Bertz CT molecular complexity index is 392. The van der Waals surface area contributed by atoms with E-state index in [4.69, 9.17) is 9.16 Å². The van der Waals surface area contributed by atoms with Crippen LogP contribution in [0.25, 0.3) is 0 Å². The van der Waals surface area contributed by atoms with Gasteiger partial charge >= 0.3 is 5.97 Å². The van der Waals surface area contributed by atoms with Crippen LogP contribution < -0.4 is 0 Å². The molecule has 0 amide bonds. The molecule has 0 aliphatic rings. The van der Waals surface area contributed by atoms with Gasteiger partial charge in [0, 0.05) is 0 Å². The van der Waals surface area contributed by atoms with Crippen LogP contribution in [0.4, 0.5) is 0 Å². The Morgan fingerprint density at radius 2 is 0.935 bits per heavy atom. The monoisotopic (exact) mass is 456 g/mol. The topological polar surface area (TPSA) is 35.5 Å². The first-order valence-corrected chi connectivity index (χ1v) is 17.1. The normalized spacial score (nSPS) is 12.8. The zero-order valence-electron chi connectivity index (χ0n) is 21.9. The van der Waals surface area contributed by atoms with Crippen LogP contribution in [-0.4, -0.2) is 27.5 Å². The summed E-state index contributed by atoms with van der Waals surface area (Å²) in [5.74, 6) is -0.204. The van der Waals surface area contributed by atoms with Gasteiger partial charge in [-0.3, -0.25) is 0 Å². The van der Waals surface area contributed by atoms with Crippen molar-refractivity contribution in [2.24, 2.45) is 0 Å². The van der Waals surface area contributed by atoms with E-state index < -0.39 is 8.32 Å². The molecule has 0 aromatic carbocycles. The van der Waals surface area contributed by atoms with Crippen molar-refractivity contribution < 1.29 is 14.0 Å². The fraction of sp³-hybridized carbons (Fsp3) is 0.963. The maximum atomic E-state index is 11.9. The average Bonchev–Trinajstić information content (AvgIpc) is 2.73. The molecule has 0 aliphatic carbocycles. The van der Waals surface area contributed by atoms with E-state index >= 15 is 0 Å². The summed E-state index contributed by atoms with van der Waals surface area (Å²) in [7, 11) is -0.257. The Hall–Kier alpha value is -0.353. The first-order chi connectivity index (χ1) is 14.9. The Balaban J connectivity index is 3.36. The molecule has 0 radical (unpaired) electrons. The zero-order chi connectivity index (χ0) is 23.2. The van der Waals surface area contributed by atoms with Gasteiger partial charge in [-0.05, 0) is 26.1 Å². The largest absolute Gasteiger partial charge is 0.467 e. The van der Waals surface area contributed by atoms with Crippen LogP contribution in [-0.2, 0) is 14.0 Å². The van der Waals surface area contributed by atoms with Crippen molar-refractivity contribution in [1.29, 1.82) is 0 Å². The standard InChI is InChI=1S/C27H56O3Si/c1-6-7-8-9-10-11-12-13-14-15-16-17-18-19-20-21-22-23-24-25-26(27(28)29-2)30-31(3,4)5/h26H,6-25H2,1-5H3. The van der Waals surface area contributed by atoms with Gasteiger partial charge in [0.1, 0.15) is 6.10 Å². The molecule has 0 saturated carbocycles. The third-order valence-corrected chi connectivity index (χ3v) is 7.02. The van der Waals surface area contributed by atoms with Crippen molar-refractivity contribution in [3.05, 3.63) is 0 Å². The smallest absolute Gasteiger partial charge is 0.333 e. The molecule has 0 aromatic heterocycles. The number of carbonyl (C=O) groups is 1. The summed E-state index contributed by atoms with van der Waals surface area (Å²) in [6, 6.07) is 0.